The molecule has 3 amide bonds. The van der Waals surface area contributed by atoms with E-state index < -0.39 is 60.2 Å². The van der Waals surface area contributed by atoms with E-state index in [1.165, 1.54) is 24.3 Å². The number of aromatic amines is 1. The Kier molecular flexibility index (Phi) is 13.0. The van der Waals surface area contributed by atoms with Crippen LogP contribution in [-0.4, -0.2) is 86.0 Å². The SMILES string of the molecule is CSCCC(NC(=O)C(Cc1ccccc1)NC(=O)C(CCC(=O)O)NC(=O)C(N)Cc1cnc[nH]1)C(=O)O. The van der Waals surface area contributed by atoms with Crippen LogP contribution in [-0.2, 0) is 36.8 Å². The van der Waals surface area contributed by atoms with Crippen molar-refractivity contribution in [1.29, 1.82) is 0 Å². The molecule has 13 nitrogen and oxygen atoms in total. The van der Waals surface area contributed by atoms with E-state index in [0.29, 0.717) is 17.0 Å². The van der Waals surface area contributed by atoms with Crippen LogP contribution in [0.5, 0.6) is 0 Å². The number of aromatic nitrogens is 2. The number of nitrogens with zero attached hydrogens (tertiary/aromatic N) is 1. The largest absolute Gasteiger partial charge is 0.481 e. The minimum absolute atomic E-state index is 0.0339. The van der Waals surface area contributed by atoms with E-state index in [4.69, 9.17) is 10.8 Å². The highest BCUT2D eigenvalue weighted by Crippen LogP contribution is 2.08. The van der Waals surface area contributed by atoms with Crippen LogP contribution in [0, 0.1) is 0 Å². The molecule has 1 heterocycles. The lowest BCUT2D eigenvalue weighted by molar-refractivity contribution is -0.142. The number of carbonyl (C=O) groups excluding carboxylic acids is 3. The molecule has 0 aliphatic carbocycles. The van der Waals surface area contributed by atoms with Gasteiger partial charge in [0.25, 0.3) is 0 Å². The summed E-state index contributed by atoms with van der Waals surface area (Å²) in [4.78, 5) is 68.7. The number of nitrogens with two attached hydrogens (primary N) is 1. The number of imidazole rings is 1. The van der Waals surface area contributed by atoms with E-state index in [1.807, 2.05) is 6.26 Å². The Balaban J connectivity index is 2.20. The molecule has 2 aromatic rings. The van der Waals surface area contributed by atoms with Gasteiger partial charge in [0.15, 0.2) is 0 Å². The van der Waals surface area contributed by atoms with E-state index in [2.05, 4.69) is 25.9 Å². The Hall–Kier alpha value is -3.91. The number of thioether (sulfide) groups is 1. The van der Waals surface area contributed by atoms with Crippen LogP contribution in [0.15, 0.2) is 42.9 Å². The number of hydrogen-bond donors (Lipinski definition) is 7. The number of carboxylic acid groups (broad SMARTS) is 2. The molecule has 212 valence electrons. The third kappa shape index (κ3) is 11.2. The highest BCUT2D eigenvalue weighted by atomic mass is 32.2. The van der Waals surface area contributed by atoms with Crippen LogP contribution in [0.4, 0.5) is 0 Å². The Morgan fingerprint density at radius 3 is 2.15 bits per heavy atom. The maximum Gasteiger partial charge on any atom is 0.326 e. The maximum atomic E-state index is 13.3. The second-order valence-electron chi connectivity index (χ2n) is 8.81. The molecule has 0 fully saturated rings. The van der Waals surface area contributed by atoms with Crippen LogP contribution >= 0.6 is 11.8 Å². The third-order valence-electron chi connectivity index (χ3n) is 5.75. The summed E-state index contributed by atoms with van der Waals surface area (Å²) in [6.45, 7) is 0. The van der Waals surface area contributed by atoms with Crippen LogP contribution in [0.3, 0.4) is 0 Å². The predicted octanol–water partition coefficient (Wildman–Crippen LogP) is -0.321. The highest BCUT2D eigenvalue weighted by Gasteiger charge is 2.31. The van der Waals surface area contributed by atoms with E-state index in [0.717, 1.165) is 0 Å². The standard InChI is InChI=1S/C25H34N6O7S/c1-39-10-9-19(25(37)38)30-24(36)20(11-15-5-3-2-4-6-15)31-23(35)18(7-8-21(32)33)29-22(34)17(26)12-16-13-27-14-28-16/h2-6,13-14,17-20H,7-12,26H2,1H3,(H,27,28)(H,29,34)(H,30,36)(H,31,35)(H,32,33)(H,37,38). The van der Waals surface area contributed by atoms with Crippen molar-refractivity contribution in [2.24, 2.45) is 5.73 Å². The summed E-state index contributed by atoms with van der Waals surface area (Å²) in [5.41, 5.74) is 7.25. The smallest absolute Gasteiger partial charge is 0.326 e. The molecule has 0 spiro atoms. The van der Waals surface area contributed by atoms with Crippen molar-refractivity contribution in [2.75, 3.05) is 12.0 Å². The second-order valence-corrected chi connectivity index (χ2v) is 9.80. The number of hydrogen-bond acceptors (Lipinski definition) is 8. The zero-order valence-corrected chi connectivity index (χ0v) is 22.3. The van der Waals surface area contributed by atoms with Gasteiger partial charge in [0.1, 0.15) is 18.1 Å². The van der Waals surface area contributed by atoms with Gasteiger partial charge in [0.2, 0.25) is 17.7 Å². The van der Waals surface area contributed by atoms with Gasteiger partial charge in [-0.15, -0.1) is 0 Å². The molecule has 2 rings (SSSR count). The molecule has 4 atom stereocenters. The minimum Gasteiger partial charge on any atom is -0.481 e. The van der Waals surface area contributed by atoms with Crippen molar-refractivity contribution >= 4 is 41.4 Å². The number of H-pyrrole nitrogens is 1. The first kappa shape index (κ1) is 31.3. The van der Waals surface area contributed by atoms with Crippen molar-refractivity contribution < 1.29 is 34.2 Å². The molecule has 0 aliphatic heterocycles. The van der Waals surface area contributed by atoms with Crippen LogP contribution < -0.4 is 21.7 Å². The van der Waals surface area contributed by atoms with E-state index in [1.54, 1.807) is 30.3 Å². The molecule has 0 aliphatic rings. The van der Waals surface area contributed by atoms with Crippen LogP contribution in [0.2, 0.25) is 0 Å². The van der Waals surface area contributed by atoms with Crippen LogP contribution in [0.25, 0.3) is 0 Å². The van der Waals surface area contributed by atoms with E-state index in [9.17, 15) is 29.1 Å². The van der Waals surface area contributed by atoms with Gasteiger partial charge in [0.05, 0.1) is 12.4 Å². The number of rotatable bonds is 17. The fourth-order valence-corrected chi connectivity index (χ4v) is 4.11. The normalized spacial score (nSPS) is 13.9. The lowest BCUT2D eigenvalue weighted by Crippen LogP contribution is -2.57. The molecule has 0 bridgehead atoms. The molecular formula is C25H34N6O7S. The summed E-state index contributed by atoms with van der Waals surface area (Å²) in [5, 5.41) is 26.2. The molecule has 0 radical (unpaired) electrons. The first-order chi connectivity index (χ1) is 18.6. The molecule has 0 saturated carbocycles. The van der Waals surface area contributed by atoms with E-state index >= 15 is 0 Å². The van der Waals surface area contributed by atoms with Gasteiger partial charge >= 0.3 is 11.9 Å². The summed E-state index contributed by atoms with van der Waals surface area (Å²) in [5.74, 6) is -4.11. The summed E-state index contributed by atoms with van der Waals surface area (Å²) < 4.78 is 0. The Morgan fingerprint density at radius 2 is 1.56 bits per heavy atom. The van der Waals surface area contributed by atoms with Crippen molar-refractivity contribution in [2.45, 2.75) is 56.3 Å². The van der Waals surface area contributed by atoms with Crippen molar-refractivity contribution in [1.82, 2.24) is 25.9 Å². The predicted molar refractivity (Wildman–Crippen MR) is 144 cm³/mol. The fourth-order valence-electron chi connectivity index (χ4n) is 3.64. The van der Waals surface area contributed by atoms with Gasteiger partial charge in [-0.3, -0.25) is 19.2 Å². The third-order valence-corrected chi connectivity index (χ3v) is 6.40. The topological polar surface area (TPSA) is 217 Å². The van der Waals surface area contributed by atoms with Gasteiger partial charge in [-0.2, -0.15) is 11.8 Å². The van der Waals surface area contributed by atoms with Gasteiger partial charge in [-0.25, -0.2) is 9.78 Å². The monoisotopic (exact) mass is 562 g/mol. The highest BCUT2D eigenvalue weighted by molar-refractivity contribution is 7.98. The Morgan fingerprint density at radius 1 is 0.923 bits per heavy atom. The fraction of sp³-hybridized carbons (Fsp3) is 0.440. The number of nitrogens with one attached hydrogen (secondary N) is 4. The quantitative estimate of drug-likeness (QED) is 0.133. The minimum atomic E-state index is -1.31. The van der Waals surface area contributed by atoms with Gasteiger partial charge < -0.3 is 36.9 Å². The van der Waals surface area contributed by atoms with Crippen molar-refractivity contribution in [3.05, 3.63) is 54.1 Å². The molecule has 1 aromatic carbocycles. The summed E-state index contributed by atoms with van der Waals surface area (Å²) in [6, 6.07) is 4.05. The van der Waals surface area contributed by atoms with Crippen molar-refractivity contribution in [3.63, 3.8) is 0 Å². The molecule has 39 heavy (non-hydrogen) atoms. The molecule has 1 aromatic heterocycles. The lowest BCUT2D eigenvalue weighted by Gasteiger charge is -2.25. The maximum absolute atomic E-state index is 13.3. The van der Waals surface area contributed by atoms with Gasteiger partial charge in [-0.05, 0) is 30.4 Å². The van der Waals surface area contributed by atoms with Crippen LogP contribution in [0.1, 0.15) is 30.5 Å². The number of amides is 3. The number of carbonyl (C=O) groups is 5. The molecular weight excluding hydrogens is 528 g/mol. The summed E-state index contributed by atoms with van der Waals surface area (Å²) in [6.07, 6.45) is 4.37. The summed E-state index contributed by atoms with van der Waals surface area (Å²) in [7, 11) is 0. The lowest BCUT2D eigenvalue weighted by atomic mass is 10.0. The second kappa shape index (κ2) is 16.1. The Labute approximate surface area is 229 Å². The van der Waals surface area contributed by atoms with Gasteiger partial charge in [-0.1, -0.05) is 30.3 Å². The molecule has 4 unspecified atom stereocenters. The average molecular weight is 563 g/mol. The zero-order chi connectivity index (χ0) is 28.8. The van der Waals surface area contributed by atoms with E-state index in [-0.39, 0.29) is 25.7 Å². The van der Waals surface area contributed by atoms with Gasteiger partial charge in [0, 0.05) is 31.2 Å². The summed E-state index contributed by atoms with van der Waals surface area (Å²) >= 11 is 1.43. The number of benzene rings is 1. The number of aliphatic carboxylic acids is 2. The molecule has 14 heteroatoms. The first-order valence-electron chi connectivity index (χ1n) is 12.2. The average Bonchev–Trinajstić information content (AvgIpc) is 3.41. The number of carboxylic acids is 2. The molecule has 0 saturated heterocycles. The Bertz CT molecular complexity index is 1100. The first-order valence-corrected chi connectivity index (χ1v) is 13.6. The zero-order valence-electron chi connectivity index (χ0n) is 21.5. The van der Waals surface area contributed by atoms with Crippen molar-refractivity contribution in [3.8, 4) is 0 Å². The molecule has 8 N–H and O–H groups in total.